The number of nitrogens with zero attached hydrogens (tertiary/aromatic N) is 2. The zero-order valence-corrected chi connectivity index (χ0v) is 12.9. The molecular formula is C15H13N3OS2. The van der Waals surface area contributed by atoms with Crippen molar-refractivity contribution in [3.63, 3.8) is 0 Å². The van der Waals surface area contributed by atoms with E-state index >= 15 is 0 Å². The number of hydrogen-bond acceptors (Lipinski definition) is 4. The summed E-state index contributed by atoms with van der Waals surface area (Å²) in [5.41, 5.74) is 1.59. The van der Waals surface area contributed by atoms with Gasteiger partial charge in [-0.25, -0.2) is 0 Å². The second kappa shape index (κ2) is 5.75. The summed E-state index contributed by atoms with van der Waals surface area (Å²) in [5, 5.41) is 17.1. The highest BCUT2D eigenvalue weighted by atomic mass is 32.2. The van der Waals surface area contributed by atoms with Crippen LogP contribution in [0.3, 0.4) is 0 Å². The van der Waals surface area contributed by atoms with E-state index in [2.05, 4.69) is 10.2 Å². The fourth-order valence-corrected chi connectivity index (χ4v) is 2.99. The molecule has 21 heavy (non-hydrogen) atoms. The Morgan fingerprint density at radius 1 is 1.14 bits per heavy atom. The van der Waals surface area contributed by atoms with Crippen LogP contribution in [0.5, 0.6) is 5.75 Å². The standard InChI is InChI=1S/C15H13N3OS2/c1-21-13-9-5-3-7-11(13)18-14(16-17-15(18)20)10-6-2-4-8-12(10)19/h2-9,19H,1H3,(H,17,20). The Balaban J connectivity index is 2.28. The topological polar surface area (TPSA) is 53.8 Å². The number of aromatic nitrogens is 3. The minimum absolute atomic E-state index is 0.175. The molecule has 2 aromatic carbocycles. The molecule has 1 heterocycles. The molecule has 0 spiro atoms. The van der Waals surface area contributed by atoms with Gasteiger partial charge in [-0.1, -0.05) is 24.3 Å². The first-order valence-corrected chi connectivity index (χ1v) is 7.95. The number of benzene rings is 2. The van der Waals surface area contributed by atoms with Gasteiger partial charge in [-0.05, 0) is 42.7 Å². The lowest BCUT2D eigenvalue weighted by atomic mass is 10.2. The second-order valence-corrected chi connectivity index (χ2v) is 5.61. The molecule has 3 aromatic rings. The van der Waals surface area contributed by atoms with Gasteiger partial charge in [0, 0.05) is 4.90 Å². The molecule has 0 saturated heterocycles. The van der Waals surface area contributed by atoms with Gasteiger partial charge in [0.25, 0.3) is 0 Å². The van der Waals surface area contributed by atoms with Crippen molar-refractivity contribution in [2.45, 2.75) is 4.90 Å². The Kier molecular flexibility index (Phi) is 3.81. The number of rotatable bonds is 3. The molecule has 0 amide bonds. The second-order valence-electron chi connectivity index (χ2n) is 4.38. The largest absolute Gasteiger partial charge is 0.507 e. The highest BCUT2D eigenvalue weighted by molar-refractivity contribution is 7.98. The summed E-state index contributed by atoms with van der Waals surface area (Å²) in [5.74, 6) is 0.772. The third-order valence-electron chi connectivity index (χ3n) is 3.14. The Morgan fingerprint density at radius 3 is 2.62 bits per heavy atom. The van der Waals surface area contributed by atoms with Crippen LogP contribution < -0.4 is 0 Å². The number of phenols is 1. The maximum Gasteiger partial charge on any atom is 0.200 e. The van der Waals surface area contributed by atoms with Gasteiger partial charge in [-0.3, -0.25) is 9.67 Å². The van der Waals surface area contributed by atoms with E-state index < -0.39 is 0 Å². The van der Waals surface area contributed by atoms with E-state index in [1.165, 1.54) is 0 Å². The van der Waals surface area contributed by atoms with Crippen LogP contribution in [0.1, 0.15) is 0 Å². The van der Waals surface area contributed by atoms with Crippen molar-refractivity contribution in [1.82, 2.24) is 14.8 Å². The summed E-state index contributed by atoms with van der Waals surface area (Å²) in [6.07, 6.45) is 2.02. The number of thioether (sulfide) groups is 1. The van der Waals surface area contributed by atoms with E-state index in [-0.39, 0.29) is 5.75 Å². The first-order chi connectivity index (χ1) is 10.2. The lowest BCUT2D eigenvalue weighted by molar-refractivity contribution is 0.476. The Morgan fingerprint density at radius 2 is 1.86 bits per heavy atom. The van der Waals surface area contributed by atoms with E-state index in [4.69, 9.17) is 12.2 Å². The van der Waals surface area contributed by atoms with Crippen molar-refractivity contribution < 1.29 is 5.11 Å². The average Bonchev–Trinajstić information content (AvgIpc) is 2.89. The lowest BCUT2D eigenvalue weighted by Crippen LogP contribution is -1.99. The first-order valence-electron chi connectivity index (χ1n) is 6.31. The number of H-pyrrole nitrogens is 1. The number of aromatic amines is 1. The van der Waals surface area contributed by atoms with Crippen LogP contribution in [0.15, 0.2) is 53.4 Å². The van der Waals surface area contributed by atoms with Crippen LogP contribution in [0, 0.1) is 4.77 Å². The van der Waals surface area contributed by atoms with Gasteiger partial charge in [-0.15, -0.1) is 11.8 Å². The summed E-state index contributed by atoms with van der Waals surface area (Å²) in [4.78, 5) is 1.09. The maximum atomic E-state index is 10.1. The minimum atomic E-state index is 0.175. The van der Waals surface area contributed by atoms with Gasteiger partial charge >= 0.3 is 0 Å². The van der Waals surface area contributed by atoms with E-state index in [0.717, 1.165) is 10.6 Å². The van der Waals surface area contributed by atoms with E-state index in [1.54, 1.807) is 23.9 Å². The third-order valence-corrected chi connectivity index (χ3v) is 4.20. The summed E-state index contributed by atoms with van der Waals surface area (Å²) in [7, 11) is 0. The summed E-state index contributed by atoms with van der Waals surface area (Å²) >= 11 is 7.00. The van der Waals surface area contributed by atoms with E-state index in [1.807, 2.05) is 47.2 Å². The van der Waals surface area contributed by atoms with Gasteiger partial charge in [0.15, 0.2) is 10.6 Å². The molecule has 4 nitrogen and oxygen atoms in total. The quantitative estimate of drug-likeness (QED) is 0.566. The number of nitrogens with one attached hydrogen (secondary N) is 1. The smallest absolute Gasteiger partial charge is 0.200 e. The Bertz CT molecular complexity index is 839. The molecule has 6 heteroatoms. The summed E-state index contributed by atoms with van der Waals surface area (Å²) in [6, 6.07) is 15.1. The van der Waals surface area contributed by atoms with Crippen molar-refractivity contribution >= 4 is 24.0 Å². The molecule has 0 saturated carbocycles. The highest BCUT2D eigenvalue weighted by Crippen LogP contribution is 2.31. The van der Waals surface area contributed by atoms with Crippen molar-refractivity contribution in [2.24, 2.45) is 0 Å². The van der Waals surface area contributed by atoms with Crippen LogP contribution in [0.25, 0.3) is 17.1 Å². The molecule has 0 aliphatic rings. The Labute approximate surface area is 131 Å². The number of hydrogen-bond donors (Lipinski definition) is 2. The molecule has 0 unspecified atom stereocenters. The molecule has 0 fully saturated rings. The zero-order chi connectivity index (χ0) is 14.8. The normalized spacial score (nSPS) is 10.7. The molecule has 0 atom stereocenters. The molecule has 0 bridgehead atoms. The fourth-order valence-electron chi connectivity index (χ4n) is 2.18. The van der Waals surface area contributed by atoms with Gasteiger partial charge in [0.1, 0.15) is 5.75 Å². The highest BCUT2D eigenvalue weighted by Gasteiger charge is 2.15. The van der Waals surface area contributed by atoms with Crippen LogP contribution in [0.2, 0.25) is 0 Å². The van der Waals surface area contributed by atoms with Crippen LogP contribution in [0.4, 0.5) is 0 Å². The molecule has 0 aliphatic heterocycles. The molecule has 106 valence electrons. The van der Waals surface area contributed by atoms with Crippen LogP contribution in [-0.2, 0) is 0 Å². The molecule has 3 rings (SSSR count). The zero-order valence-electron chi connectivity index (χ0n) is 11.3. The van der Waals surface area contributed by atoms with E-state index in [9.17, 15) is 5.11 Å². The van der Waals surface area contributed by atoms with Crippen molar-refractivity contribution in [3.8, 4) is 22.8 Å². The van der Waals surface area contributed by atoms with Crippen molar-refractivity contribution in [1.29, 1.82) is 0 Å². The molecule has 0 aliphatic carbocycles. The van der Waals surface area contributed by atoms with E-state index in [0.29, 0.717) is 16.2 Å². The first kappa shape index (κ1) is 13.9. The third kappa shape index (κ3) is 2.48. The van der Waals surface area contributed by atoms with Crippen LogP contribution in [-0.4, -0.2) is 26.1 Å². The minimum Gasteiger partial charge on any atom is -0.507 e. The monoisotopic (exact) mass is 315 g/mol. The molecule has 0 radical (unpaired) electrons. The Hall–Kier alpha value is -2.05. The fraction of sp³-hybridized carbons (Fsp3) is 0.0667. The predicted molar refractivity (Wildman–Crippen MR) is 87.6 cm³/mol. The molecular weight excluding hydrogens is 302 g/mol. The SMILES string of the molecule is CSc1ccccc1-n1c(-c2ccccc2O)n[nH]c1=S. The summed E-state index contributed by atoms with van der Waals surface area (Å²) < 4.78 is 2.34. The van der Waals surface area contributed by atoms with Crippen molar-refractivity contribution in [3.05, 3.63) is 53.3 Å². The molecule has 1 aromatic heterocycles. The van der Waals surface area contributed by atoms with Gasteiger partial charge in [0.2, 0.25) is 0 Å². The lowest BCUT2D eigenvalue weighted by Gasteiger charge is -2.11. The number of phenolic OH excluding ortho intramolecular Hbond substituents is 1. The maximum absolute atomic E-state index is 10.1. The predicted octanol–water partition coefficient (Wildman–Crippen LogP) is 4.02. The molecule has 2 N–H and O–H groups in total. The number of para-hydroxylation sites is 2. The average molecular weight is 315 g/mol. The van der Waals surface area contributed by atoms with Gasteiger partial charge < -0.3 is 5.11 Å². The van der Waals surface area contributed by atoms with Crippen LogP contribution >= 0.6 is 24.0 Å². The number of aromatic hydroxyl groups is 1. The van der Waals surface area contributed by atoms with Gasteiger partial charge in [-0.2, -0.15) is 5.10 Å². The summed E-state index contributed by atoms with van der Waals surface area (Å²) in [6.45, 7) is 0. The van der Waals surface area contributed by atoms with Crippen molar-refractivity contribution in [2.75, 3.05) is 6.26 Å². The van der Waals surface area contributed by atoms with Gasteiger partial charge in [0.05, 0.1) is 11.3 Å².